The van der Waals surface area contributed by atoms with Gasteiger partial charge in [0, 0.05) is 18.0 Å². The largest absolute Gasteiger partial charge is 0.298 e. The van der Waals surface area contributed by atoms with Gasteiger partial charge in [-0.2, -0.15) is 0 Å². The third-order valence-corrected chi connectivity index (χ3v) is 3.39. The fourth-order valence-corrected chi connectivity index (χ4v) is 2.02. The van der Waals surface area contributed by atoms with E-state index in [1.165, 1.54) is 19.4 Å². The maximum absolute atomic E-state index is 5.80. The van der Waals surface area contributed by atoms with Gasteiger partial charge in [-0.15, -0.1) is 11.6 Å². The van der Waals surface area contributed by atoms with Crippen molar-refractivity contribution in [3.8, 4) is 0 Å². The molecule has 0 radical (unpaired) electrons. The van der Waals surface area contributed by atoms with Crippen LogP contribution in [0.25, 0.3) is 0 Å². The van der Waals surface area contributed by atoms with Gasteiger partial charge in [0.25, 0.3) is 0 Å². The van der Waals surface area contributed by atoms with Gasteiger partial charge in [0.05, 0.1) is 0 Å². The Labute approximate surface area is 81.1 Å². The first-order chi connectivity index (χ1) is 5.56. The van der Waals surface area contributed by atoms with Gasteiger partial charge in [-0.25, -0.2) is 0 Å². The summed E-state index contributed by atoms with van der Waals surface area (Å²) in [5.74, 6) is 1.41. The van der Waals surface area contributed by atoms with Crippen molar-refractivity contribution in [2.24, 2.45) is 5.92 Å². The highest BCUT2D eigenvalue weighted by atomic mass is 35.5. The standard InChI is InChI=1S/C10H20ClN/c1-9(7-11)8-12-6-4-5-10(12,2)3/h9H,4-8H2,1-3H3. The van der Waals surface area contributed by atoms with Gasteiger partial charge < -0.3 is 0 Å². The van der Waals surface area contributed by atoms with Gasteiger partial charge in [-0.3, -0.25) is 4.90 Å². The van der Waals surface area contributed by atoms with Gasteiger partial charge in [-0.1, -0.05) is 6.92 Å². The first kappa shape index (κ1) is 10.3. The summed E-state index contributed by atoms with van der Waals surface area (Å²) in [6.45, 7) is 9.31. The maximum atomic E-state index is 5.80. The van der Waals surface area contributed by atoms with Crippen molar-refractivity contribution in [2.75, 3.05) is 19.0 Å². The summed E-state index contributed by atoms with van der Waals surface area (Å²) >= 11 is 5.80. The molecule has 0 aromatic heterocycles. The van der Waals surface area contributed by atoms with E-state index in [2.05, 4.69) is 25.7 Å². The number of nitrogens with zero attached hydrogens (tertiary/aromatic N) is 1. The van der Waals surface area contributed by atoms with Gasteiger partial charge in [0.2, 0.25) is 0 Å². The van der Waals surface area contributed by atoms with Crippen LogP contribution in [0.4, 0.5) is 0 Å². The zero-order valence-electron chi connectivity index (χ0n) is 8.44. The van der Waals surface area contributed by atoms with Crippen LogP contribution in [-0.2, 0) is 0 Å². The van der Waals surface area contributed by atoms with Crippen LogP contribution in [-0.4, -0.2) is 29.4 Å². The van der Waals surface area contributed by atoms with Crippen molar-refractivity contribution in [2.45, 2.75) is 39.2 Å². The summed E-state index contributed by atoms with van der Waals surface area (Å²) in [6.07, 6.45) is 2.68. The molecule has 1 saturated heterocycles. The van der Waals surface area contributed by atoms with E-state index in [0.29, 0.717) is 11.5 Å². The molecule has 1 aliphatic heterocycles. The Morgan fingerprint density at radius 2 is 2.17 bits per heavy atom. The van der Waals surface area contributed by atoms with Crippen LogP contribution in [0.1, 0.15) is 33.6 Å². The van der Waals surface area contributed by atoms with Gasteiger partial charge in [0.1, 0.15) is 0 Å². The topological polar surface area (TPSA) is 3.24 Å². The van der Waals surface area contributed by atoms with Crippen molar-refractivity contribution in [3.63, 3.8) is 0 Å². The van der Waals surface area contributed by atoms with E-state index in [-0.39, 0.29) is 0 Å². The minimum Gasteiger partial charge on any atom is -0.298 e. The predicted molar refractivity (Wildman–Crippen MR) is 54.8 cm³/mol. The Bertz CT molecular complexity index is 145. The molecule has 1 nitrogen and oxygen atoms in total. The summed E-state index contributed by atoms with van der Waals surface area (Å²) < 4.78 is 0. The first-order valence-electron chi connectivity index (χ1n) is 4.87. The second-order valence-corrected chi connectivity index (χ2v) is 4.93. The smallest absolute Gasteiger partial charge is 0.0261 e. The molecule has 1 fully saturated rings. The number of rotatable bonds is 3. The predicted octanol–water partition coefficient (Wildman–Crippen LogP) is 2.74. The van der Waals surface area contributed by atoms with E-state index < -0.39 is 0 Å². The molecule has 0 N–H and O–H groups in total. The Morgan fingerprint density at radius 3 is 2.58 bits per heavy atom. The van der Waals surface area contributed by atoms with Crippen LogP contribution in [0.2, 0.25) is 0 Å². The molecule has 0 bridgehead atoms. The van der Waals surface area contributed by atoms with Crippen LogP contribution in [0.3, 0.4) is 0 Å². The summed E-state index contributed by atoms with van der Waals surface area (Å²) in [6, 6.07) is 0. The number of halogens is 1. The number of hydrogen-bond acceptors (Lipinski definition) is 1. The summed E-state index contributed by atoms with van der Waals surface area (Å²) in [4.78, 5) is 2.57. The lowest BCUT2D eigenvalue weighted by molar-refractivity contribution is 0.157. The molecule has 1 aliphatic rings. The monoisotopic (exact) mass is 189 g/mol. The lowest BCUT2D eigenvalue weighted by Crippen LogP contribution is -2.40. The molecule has 0 spiro atoms. The average molecular weight is 190 g/mol. The zero-order chi connectivity index (χ0) is 9.19. The van der Waals surface area contributed by atoms with Crippen LogP contribution in [0.15, 0.2) is 0 Å². The Kier molecular flexibility index (Phi) is 3.42. The molecule has 0 amide bonds. The normalized spacial score (nSPS) is 26.0. The maximum Gasteiger partial charge on any atom is 0.0261 e. The molecule has 72 valence electrons. The van der Waals surface area contributed by atoms with Crippen LogP contribution < -0.4 is 0 Å². The molecule has 0 aliphatic carbocycles. The van der Waals surface area contributed by atoms with Crippen molar-refractivity contribution in [1.82, 2.24) is 4.90 Å². The van der Waals surface area contributed by atoms with E-state index >= 15 is 0 Å². The molecular formula is C10H20ClN. The molecule has 0 aromatic carbocycles. The van der Waals surface area contributed by atoms with E-state index in [4.69, 9.17) is 11.6 Å². The number of likely N-dealkylation sites (tertiary alicyclic amines) is 1. The average Bonchev–Trinajstić information content (AvgIpc) is 2.31. The van der Waals surface area contributed by atoms with Crippen LogP contribution >= 0.6 is 11.6 Å². The molecule has 1 heterocycles. The van der Waals surface area contributed by atoms with Crippen molar-refractivity contribution >= 4 is 11.6 Å². The molecule has 1 rings (SSSR count). The minimum absolute atomic E-state index is 0.417. The summed E-state index contributed by atoms with van der Waals surface area (Å²) in [5, 5.41) is 0. The lowest BCUT2D eigenvalue weighted by atomic mass is 10.0. The molecular weight excluding hydrogens is 170 g/mol. The fraction of sp³-hybridized carbons (Fsp3) is 1.00. The highest BCUT2D eigenvalue weighted by molar-refractivity contribution is 6.18. The molecule has 1 atom stereocenters. The second-order valence-electron chi connectivity index (χ2n) is 4.62. The van der Waals surface area contributed by atoms with E-state index in [0.717, 1.165) is 12.4 Å². The van der Waals surface area contributed by atoms with Gasteiger partial charge >= 0.3 is 0 Å². The third-order valence-electron chi connectivity index (χ3n) is 2.87. The minimum atomic E-state index is 0.417. The summed E-state index contributed by atoms with van der Waals surface area (Å²) in [7, 11) is 0. The van der Waals surface area contributed by atoms with Crippen molar-refractivity contribution in [1.29, 1.82) is 0 Å². The Morgan fingerprint density at radius 1 is 1.50 bits per heavy atom. The first-order valence-corrected chi connectivity index (χ1v) is 5.41. The molecule has 0 saturated carbocycles. The van der Waals surface area contributed by atoms with E-state index in [1.807, 2.05) is 0 Å². The fourth-order valence-electron chi connectivity index (χ4n) is 1.93. The second kappa shape index (κ2) is 3.97. The van der Waals surface area contributed by atoms with E-state index in [1.54, 1.807) is 0 Å². The van der Waals surface area contributed by atoms with Crippen molar-refractivity contribution < 1.29 is 0 Å². The van der Waals surface area contributed by atoms with Crippen LogP contribution in [0.5, 0.6) is 0 Å². The summed E-state index contributed by atoms with van der Waals surface area (Å²) in [5.41, 5.74) is 0.417. The quantitative estimate of drug-likeness (QED) is 0.618. The Balaban J connectivity index is 2.41. The number of alkyl halides is 1. The lowest BCUT2D eigenvalue weighted by Gasteiger charge is -2.33. The van der Waals surface area contributed by atoms with Crippen LogP contribution in [0, 0.1) is 5.92 Å². The zero-order valence-corrected chi connectivity index (χ0v) is 9.19. The third kappa shape index (κ3) is 2.37. The van der Waals surface area contributed by atoms with Gasteiger partial charge in [-0.05, 0) is 39.2 Å². The van der Waals surface area contributed by atoms with Gasteiger partial charge in [0.15, 0.2) is 0 Å². The van der Waals surface area contributed by atoms with Crippen molar-refractivity contribution in [3.05, 3.63) is 0 Å². The molecule has 0 aromatic rings. The highest BCUT2D eigenvalue weighted by Crippen LogP contribution is 2.28. The molecule has 1 unspecified atom stereocenters. The number of hydrogen-bond donors (Lipinski definition) is 0. The van der Waals surface area contributed by atoms with E-state index in [9.17, 15) is 0 Å². The molecule has 12 heavy (non-hydrogen) atoms. The molecule has 2 heteroatoms. The highest BCUT2D eigenvalue weighted by Gasteiger charge is 2.31. The Hall–Kier alpha value is 0.250. The SMILES string of the molecule is CC(CCl)CN1CCCC1(C)C.